The summed E-state index contributed by atoms with van der Waals surface area (Å²) in [7, 11) is -4.05. The van der Waals surface area contributed by atoms with E-state index in [4.69, 9.17) is 0 Å². The Bertz CT molecular complexity index is 1350. The number of rotatable bonds is 6. The summed E-state index contributed by atoms with van der Waals surface area (Å²) in [6.07, 6.45) is -1.76. The van der Waals surface area contributed by atoms with Crippen molar-refractivity contribution in [2.45, 2.75) is 17.6 Å². The van der Waals surface area contributed by atoms with Gasteiger partial charge in [-0.15, -0.1) is 0 Å². The molecule has 8 nitrogen and oxygen atoms in total. The zero-order valence-corrected chi connectivity index (χ0v) is 16.7. The summed E-state index contributed by atoms with van der Waals surface area (Å²) in [5.41, 5.74) is 1.36. The van der Waals surface area contributed by atoms with Crippen LogP contribution in [0.15, 0.2) is 70.3 Å². The van der Waals surface area contributed by atoms with Crippen molar-refractivity contribution >= 4 is 10.0 Å². The van der Waals surface area contributed by atoms with Gasteiger partial charge in [0, 0.05) is 23.9 Å². The van der Waals surface area contributed by atoms with Crippen LogP contribution < -0.4 is 4.72 Å². The number of nitrogens with one attached hydrogen (secondary N) is 1. The number of benzene rings is 2. The van der Waals surface area contributed by atoms with E-state index in [1.807, 2.05) is 0 Å². The van der Waals surface area contributed by atoms with E-state index in [1.165, 1.54) is 35.1 Å². The van der Waals surface area contributed by atoms with Crippen LogP contribution in [0.25, 0.3) is 17.1 Å². The topological polar surface area (TPSA) is 103 Å². The van der Waals surface area contributed by atoms with Crippen molar-refractivity contribution in [1.82, 2.24) is 24.6 Å². The molecule has 0 radical (unpaired) electrons. The highest BCUT2D eigenvalue weighted by Gasteiger charge is 2.38. The summed E-state index contributed by atoms with van der Waals surface area (Å²) in [5.74, 6) is -2.52. The number of halogens is 4. The smallest absolute Gasteiger partial charge is 0.329 e. The summed E-state index contributed by atoms with van der Waals surface area (Å²) in [4.78, 5) is 2.86. The lowest BCUT2D eigenvalue weighted by molar-refractivity contribution is -0.159. The lowest BCUT2D eigenvalue weighted by Gasteiger charge is -2.06. The third-order valence-corrected chi connectivity index (χ3v) is 5.72. The fourth-order valence-electron chi connectivity index (χ4n) is 2.73. The van der Waals surface area contributed by atoms with E-state index < -0.39 is 32.8 Å². The largest absolute Gasteiger partial charge is 0.471 e. The SMILES string of the molecule is O=S(=O)(NCc1cnn(-c2ccc(-c3noc(C(F)(F)F)n3)cc2)c1)c1ccccc1F. The van der Waals surface area contributed by atoms with Crippen LogP contribution >= 0.6 is 0 Å². The second-order valence-electron chi connectivity index (χ2n) is 6.52. The van der Waals surface area contributed by atoms with E-state index in [2.05, 4.69) is 24.5 Å². The van der Waals surface area contributed by atoms with Crippen LogP contribution in [0.2, 0.25) is 0 Å². The Morgan fingerprint density at radius 1 is 1.06 bits per heavy atom. The summed E-state index contributed by atoms with van der Waals surface area (Å²) in [6.45, 7) is -0.127. The van der Waals surface area contributed by atoms with Gasteiger partial charge in [0.1, 0.15) is 10.7 Å². The molecule has 0 unspecified atom stereocenters. The zero-order valence-electron chi connectivity index (χ0n) is 15.9. The van der Waals surface area contributed by atoms with E-state index in [1.54, 1.807) is 18.3 Å². The molecule has 0 atom stereocenters. The Balaban J connectivity index is 1.46. The van der Waals surface area contributed by atoms with E-state index in [9.17, 15) is 26.0 Å². The third-order valence-electron chi connectivity index (χ3n) is 4.29. The number of alkyl halides is 3. The molecule has 0 aliphatic carbocycles. The van der Waals surface area contributed by atoms with Crippen LogP contribution in [0, 0.1) is 5.82 Å². The fourth-order valence-corrected chi connectivity index (χ4v) is 3.83. The van der Waals surface area contributed by atoms with Gasteiger partial charge in [-0.2, -0.15) is 23.3 Å². The van der Waals surface area contributed by atoms with E-state index in [-0.39, 0.29) is 12.4 Å². The van der Waals surface area contributed by atoms with E-state index in [0.29, 0.717) is 16.8 Å². The molecule has 0 spiro atoms. The first-order chi connectivity index (χ1) is 15.1. The van der Waals surface area contributed by atoms with Crippen LogP contribution in [0.3, 0.4) is 0 Å². The van der Waals surface area contributed by atoms with Gasteiger partial charge in [0.15, 0.2) is 0 Å². The minimum atomic E-state index is -4.73. The van der Waals surface area contributed by atoms with Gasteiger partial charge in [-0.05, 0) is 36.4 Å². The minimum Gasteiger partial charge on any atom is -0.329 e. The Labute approximate surface area is 178 Å². The second kappa shape index (κ2) is 8.16. The van der Waals surface area contributed by atoms with Gasteiger partial charge in [0.25, 0.3) is 0 Å². The Morgan fingerprint density at radius 3 is 2.44 bits per heavy atom. The molecule has 0 saturated carbocycles. The maximum absolute atomic E-state index is 13.7. The number of hydrogen-bond acceptors (Lipinski definition) is 6. The van der Waals surface area contributed by atoms with Gasteiger partial charge in [0.05, 0.1) is 11.9 Å². The van der Waals surface area contributed by atoms with E-state index >= 15 is 0 Å². The van der Waals surface area contributed by atoms with Crippen molar-refractivity contribution in [3.63, 3.8) is 0 Å². The van der Waals surface area contributed by atoms with Crippen molar-refractivity contribution < 1.29 is 30.5 Å². The molecular weight excluding hydrogens is 454 g/mol. The van der Waals surface area contributed by atoms with Crippen molar-refractivity contribution in [2.24, 2.45) is 0 Å². The molecule has 2 aromatic carbocycles. The van der Waals surface area contributed by atoms with Crippen molar-refractivity contribution in [3.05, 3.63) is 78.2 Å². The van der Waals surface area contributed by atoms with Gasteiger partial charge in [-0.3, -0.25) is 0 Å². The molecule has 166 valence electrons. The Kier molecular flexibility index (Phi) is 5.52. The molecule has 4 rings (SSSR count). The molecule has 0 amide bonds. The van der Waals surface area contributed by atoms with Gasteiger partial charge in [-0.1, -0.05) is 17.3 Å². The van der Waals surface area contributed by atoms with Gasteiger partial charge in [0.2, 0.25) is 15.8 Å². The second-order valence-corrected chi connectivity index (χ2v) is 8.25. The molecular formula is C19H13F4N5O3S. The molecule has 0 fully saturated rings. The first-order valence-corrected chi connectivity index (χ1v) is 10.4. The maximum atomic E-state index is 13.7. The predicted molar refractivity (Wildman–Crippen MR) is 102 cm³/mol. The molecule has 4 aromatic rings. The molecule has 2 heterocycles. The number of hydrogen-bond donors (Lipinski definition) is 1. The zero-order chi connectivity index (χ0) is 22.9. The highest BCUT2D eigenvalue weighted by atomic mass is 32.2. The predicted octanol–water partition coefficient (Wildman–Crippen LogP) is 3.56. The first kappa shape index (κ1) is 21.6. The number of aromatic nitrogens is 4. The number of sulfonamides is 1. The lowest BCUT2D eigenvalue weighted by Crippen LogP contribution is -2.24. The lowest BCUT2D eigenvalue weighted by atomic mass is 10.2. The normalized spacial score (nSPS) is 12.2. The Hall–Kier alpha value is -3.58. The molecule has 1 N–H and O–H groups in total. The van der Waals surface area contributed by atoms with Crippen molar-refractivity contribution in [1.29, 1.82) is 0 Å². The third kappa shape index (κ3) is 4.53. The molecule has 32 heavy (non-hydrogen) atoms. The van der Waals surface area contributed by atoms with Gasteiger partial charge in [-0.25, -0.2) is 22.2 Å². The van der Waals surface area contributed by atoms with Crippen LogP contribution in [0.1, 0.15) is 11.5 Å². The molecule has 0 saturated heterocycles. The van der Waals surface area contributed by atoms with Crippen LogP contribution in [0.4, 0.5) is 17.6 Å². The average Bonchev–Trinajstić information content (AvgIpc) is 3.43. The minimum absolute atomic E-state index is 0.127. The summed E-state index contributed by atoms with van der Waals surface area (Å²) >= 11 is 0. The van der Waals surface area contributed by atoms with E-state index in [0.717, 1.165) is 12.1 Å². The average molecular weight is 467 g/mol. The highest BCUT2D eigenvalue weighted by molar-refractivity contribution is 7.89. The van der Waals surface area contributed by atoms with Crippen molar-refractivity contribution in [3.8, 4) is 17.1 Å². The summed E-state index contributed by atoms with van der Waals surface area (Å²) in [6, 6.07) is 11.1. The quantitative estimate of drug-likeness (QED) is 0.435. The monoisotopic (exact) mass is 467 g/mol. The molecule has 0 aliphatic heterocycles. The Morgan fingerprint density at radius 2 is 1.78 bits per heavy atom. The highest BCUT2D eigenvalue weighted by Crippen LogP contribution is 2.29. The standard InChI is InChI=1S/C19H13F4N5O3S/c20-15-3-1-2-4-16(15)32(29,30)25-10-12-9-24-28(11-12)14-7-5-13(6-8-14)17-26-18(31-27-17)19(21,22)23/h1-9,11,25H,10H2. The first-order valence-electron chi connectivity index (χ1n) is 8.93. The summed E-state index contributed by atoms with van der Waals surface area (Å²) < 4.78 is 84.0. The van der Waals surface area contributed by atoms with Crippen molar-refractivity contribution in [2.75, 3.05) is 0 Å². The molecule has 0 bridgehead atoms. The molecule has 2 aromatic heterocycles. The maximum Gasteiger partial charge on any atom is 0.471 e. The molecule has 13 heteroatoms. The van der Waals surface area contributed by atoms with Crippen LogP contribution in [-0.2, 0) is 22.7 Å². The van der Waals surface area contributed by atoms with Gasteiger partial charge < -0.3 is 4.52 Å². The van der Waals surface area contributed by atoms with Crippen LogP contribution in [0.5, 0.6) is 0 Å². The number of nitrogens with zero attached hydrogens (tertiary/aromatic N) is 4. The van der Waals surface area contributed by atoms with Gasteiger partial charge >= 0.3 is 12.1 Å². The molecule has 0 aliphatic rings. The summed E-state index contributed by atoms with van der Waals surface area (Å²) in [5, 5.41) is 7.44. The van der Waals surface area contributed by atoms with Crippen LogP contribution in [-0.4, -0.2) is 28.3 Å². The fraction of sp³-hybridized carbons (Fsp3) is 0.105.